The molecule has 2 fully saturated rings. The van der Waals surface area contributed by atoms with E-state index in [9.17, 15) is 28.5 Å². The Hall–Kier alpha value is -3.42. The predicted molar refractivity (Wildman–Crippen MR) is 224 cm³/mol. The summed E-state index contributed by atoms with van der Waals surface area (Å²) in [5.41, 5.74) is 0.633. The molecule has 1 saturated carbocycles. The highest BCUT2D eigenvalue weighted by atomic mass is 32.2. The van der Waals surface area contributed by atoms with Gasteiger partial charge in [0, 0.05) is 49.2 Å². The Morgan fingerprint density at radius 1 is 0.927 bits per heavy atom. The number of carbonyl (C=O) groups excluding carboxylic acids is 5. The third-order valence-electron chi connectivity index (χ3n) is 9.44. The molecule has 0 bridgehead atoms. The molecule has 1 aliphatic heterocycles. The summed E-state index contributed by atoms with van der Waals surface area (Å²) < 4.78 is 9.60. The summed E-state index contributed by atoms with van der Waals surface area (Å²) in [6, 6.07) is 4.20. The molecule has 4 atom stereocenters. The topological polar surface area (TPSA) is 169 Å². The van der Waals surface area contributed by atoms with Gasteiger partial charge in [0.25, 0.3) is 5.91 Å². The van der Waals surface area contributed by atoms with Crippen molar-refractivity contribution < 1.29 is 28.5 Å². The third kappa shape index (κ3) is 17.5. The van der Waals surface area contributed by atoms with Crippen molar-refractivity contribution in [1.82, 2.24) is 31.5 Å². The van der Waals surface area contributed by atoms with Gasteiger partial charge in [-0.25, -0.2) is 4.79 Å². The zero-order valence-corrected chi connectivity index (χ0v) is 35.7. The lowest BCUT2D eigenvalue weighted by atomic mass is 9.83. The Bertz CT molecular complexity index is 1330. The van der Waals surface area contributed by atoms with Gasteiger partial charge in [0.2, 0.25) is 17.6 Å². The predicted octanol–water partition coefficient (Wildman–Crippen LogP) is 6.98. The van der Waals surface area contributed by atoms with Gasteiger partial charge in [-0.15, -0.1) is 6.58 Å². The van der Waals surface area contributed by atoms with Gasteiger partial charge in [-0.2, -0.15) is 0 Å². The molecule has 0 radical (unpaired) electrons. The number of likely N-dealkylation sites (tertiary alicyclic amines) is 1. The van der Waals surface area contributed by atoms with E-state index in [0.717, 1.165) is 42.6 Å². The monoisotopic (exact) mass is 789 g/mol. The summed E-state index contributed by atoms with van der Waals surface area (Å²) >= 11 is 0.700. The number of carbonyl (C=O) groups is 5. The van der Waals surface area contributed by atoms with Crippen molar-refractivity contribution in [2.45, 2.75) is 162 Å². The van der Waals surface area contributed by atoms with E-state index >= 15 is 0 Å². The van der Waals surface area contributed by atoms with Gasteiger partial charge in [0.15, 0.2) is 0 Å². The van der Waals surface area contributed by atoms with Crippen molar-refractivity contribution in [3.8, 4) is 0 Å². The molecule has 12 nitrogen and oxygen atoms in total. The van der Waals surface area contributed by atoms with E-state index in [1.54, 1.807) is 4.90 Å². The van der Waals surface area contributed by atoms with Crippen molar-refractivity contribution in [1.29, 1.82) is 0 Å². The molecule has 5 amide bonds. The highest BCUT2D eigenvalue weighted by molar-refractivity contribution is 7.93. The number of urea groups is 1. The Balaban J connectivity index is 0.00000236. The van der Waals surface area contributed by atoms with Crippen molar-refractivity contribution in [2.75, 3.05) is 19.6 Å². The van der Waals surface area contributed by atoms with E-state index in [0.29, 0.717) is 50.9 Å². The number of amides is 5. The van der Waals surface area contributed by atoms with Crippen LogP contribution < -0.4 is 26.6 Å². The molecular formula is C42H72N6O6S. The summed E-state index contributed by atoms with van der Waals surface area (Å²) in [7, 11) is 0. The molecule has 0 spiro atoms. The number of ketones is 1. The molecule has 0 aromatic heterocycles. The minimum absolute atomic E-state index is 0.0713. The molecule has 1 aliphatic carbocycles. The van der Waals surface area contributed by atoms with E-state index in [2.05, 4.69) is 60.9 Å². The Labute approximate surface area is 335 Å². The first-order chi connectivity index (χ1) is 26.2. The molecule has 1 aromatic rings. The van der Waals surface area contributed by atoms with E-state index < -0.39 is 41.8 Å². The highest BCUT2D eigenvalue weighted by Gasteiger charge is 2.42. The normalized spacial score (nSPS) is 17.2. The fraction of sp³-hybridized carbons (Fsp3) is 0.690. The van der Waals surface area contributed by atoms with Crippen LogP contribution in [0.4, 0.5) is 4.79 Å². The van der Waals surface area contributed by atoms with Crippen LogP contribution in [0.3, 0.4) is 0 Å². The van der Waals surface area contributed by atoms with E-state index in [1.807, 2.05) is 52.0 Å². The van der Waals surface area contributed by atoms with Crippen LogP contribution in [-0.4, -0.2) is 82.8 Å². The second-order valence-corrected chi connectivity index (χ2v) is 16.2. The summed E-state index contributed by atoms with van der Waals surface area (Å²) in [6.07, 6.45) is 10.4. The third-order valence-corrected chi connectivity index (χ3v) is 10.0. The average molecular weight is 789 g/mol. The second-order valence-electron chi connectivity index (χ2n) is 15.6. The van der Waals surface area contributed by atoms with Gasteiger partial charge in [-0.05, 0) is 55.1 Å². The summed E-state index contributed by atoms with van der Waals surface area (Å²) in [4.78, 5) is 69.0. The van der Waals surface area contributed by atoms with Crippen LogP contribution in [0.15, 0.2) is 41.8 Å². The second kappa shape index (κ2) is 27.2. The molecule has 312 valence electrons. The van der Waals surface area contributed by atoms with Crippen LogP contribution in [-0.2, 0) is 25.7 Å². The minimum Gasteiger partial charge on any atom is -0.346 e. The summed E-state index contributed by atoms with van der Waals surface area (Å²) in [5, 5.41) is 14.7. The zero-order valence-electron chi connectivity index (χ0n) is 34.9. The largest absolute Gasteiger partial charge is 0.346 e. The van der Waals surface area contributed by atoms with Crippen molar-refractivity contribution in [2.24, 2.45) is 11.3 Å². The van der Waals surface area contributed by atoms with Gasteiger partial charge in [-0.1, -0.05) is 118 Å². The molecule has 6 N–H and O–H groups in total. The number of nitrogens with one attached hydrogen (secondary N) is 5. The first-order valence-corrected chi connectivity index (χ1v) is 21.2. The van der Waals surface area contributed by atoms with Crippen molar-refractivity contribution in [3.63, 3.8) is 0 Å². The number of hydrogen-bond donors (Lipinski definition) is 6. The van der Waals surface area contributed by atoms with Crippen molar-refractivity contribution >= 4 is 41.6 Å². The van der Waals surface area contributed by atoms with E-state index in [4.69, 9.17) is 0 Å². The molecule has 55 heavy (non-hydrogen) atoms. The lowest BCUT2D eigenvalue weighted by Crippen LogP contribution is -2.60. The van der Waals surface area contributed by atoms with Crippen LogP contribution >= 0.6 is 12.0 Å². The zero-order chi connectivity index (χ0) is 41.4. The molecule has 1 saturated heterocycles. The van der Waals surface area contributed by atoms with Gasteiger partial charge in [0.1, 0.15) is 12.1 Å². The van der Waals surface area contributed by atoms with E-state index in [-0.39, 0.29) is 36.2 Å². The Kier molecular flexibility index (Phi) is 24.6. The fourth-order valence-corrected chi connectivity index (χ4v) is 6.97. The average Bonchev–Trinajstić information content (AvgIpc) is 3.66. The number of benzene rings is 1. The smallest absolute Gasteiger partial charge is 0.315 e. The standard InChI is InChI=1S/C36H56N6O6S.2C3H8/c1-6-14-26(31(43)33(45)38-20-7-2)39-32(44)27-18-13-21-42(27)34(46)30(24-15-9-8-10-16-24)41-35(47)40-29(36(3,4)5)23-37-22-25-17-11-12-19-28(25)49-48;2*1-3-2/h7,11-12,17,19,24,26-27,29-30,37,48H,2,6,8-10,13-16,18,20-23H2,1,3-5H3,(H,38,45)(H,39,44)(H2,40,41,47);2*3H2,1-2H3. The molecule has 13 heteroatoms. The highest BCUT2D eigenvalue weighted by Crippen LogP contribution is 2.30. The number of rotatable bonds is 17. The quantitative estimate of drug-likeness (QED) is 0.0558. The van der Waals surface area contributed by atoms with E-state index in [1.165, 1.54) is 18.9 Å². The maximum atomic E-state index is 14.3. The summed E-state index contributed by atoms with van der Waals surface area (Å²) in [6.45, 7) is 21.5. The van der Waals surface area contributed by atoms with Gasteiger partial charge in [-0.3, -0.25) is 19.2 Å². The van der Waals surface area contributed by atoms with Gasteiger partial charge in [0.05, 0.1) is 6.04 Å². The molecule has 1 aromatic carbocycles. The molecular weight excluding hydrogens is 717 g/mol. The Morgan fingerprint density at radius 3 is 2.15 bits per heavy atom. The molecule has 4 unspecified atom stereocenters. The van der Waals surface area contributed by atoms with Gasteiger partial charge >= 0.3 is 6.03 Å². The van der Waals surface area contributed by atoms with Crippen LogP contribution in [0.2, 0.25) is 0 Å². The van der Waals surface area contributed by atoms with Crippen LogP contribution in [0, 0.1) is 11.3 Å². The first-order valence-electron chi connectivity index (χ1n) is 20.4. The lowest BCUT2D eigenvalue weighted by Gasteiger charge is -2.36. The Morgan fingerprint density at radius 2 is 1.56 bits per heavy atom. The van der Waals surface area contributed by atoms with Gasteiger partial charge < -0.3 is 36.0 Å². The van der Waals surface area contributed by atoms with Crippen LogP contribution in [0.5, 0.6) is 0 Å². The van der Waals surface area contributed by atoms with Crippen molar-refractivity contribution in [3.05, 3.63) is 42.5 Å². The first kappa shape index (κ1) is 49.6. The van der Waals surface area contributed by atoms with Crippen LogP contribution in [0.1, 0.15) is 132 Å². The lowest BCUT2D eigenvalue weighted by molar-refractivity contribution is -0.143. The molecule has 1 heterocycles. The SMILES string of the molecule is C=CCNC(=O)C(=O)C(CCC)NC(=O)C1CCCN1C(=O)C(NC(=O)NC(CNCc1ccccc1SO)C(C)(C)C)C1CCCCC1.CCC.CCC. The summed E-state index contributed by atoms with van der Waals surface area (Å²) in [5.74, 6) is -2.36. The molecule has 2 aliphatic rings. The number of Topliss-reactive ketones (excluding diaryl/α,β-unsaturated/α-hetero) is 1. The minimum atomic E-state index is -1.00. The molecule has 3 rings (SSSR count). The maximum absolute atomic E-state index is 14.3. The maximum Gasteiger partial charge on any atom is 0.315 e. The fourth-order valence-electron chi connectivity index (χ4n) is 6.57. The van der Waals surface area contributed by atoms with Crippen LogP contribution in [0.25, 0.3) is 0 Å². The number of nitrogens with zero attached hydrogens (tertiary/aromatic N) is 1. The number of hydrogen-bond acceptors (Lipinski definition) is 8.